The summed E-state index contributed by atoms with van der Waals surface area (Å²) in [5, 5.41) is 8.95. The molecule has 0 fully saturated rings. The highest BCUT2D eigenvalue weighted by molar-refractivity contribution is 7.89. The summed E-state index contributed by atoms with van der Waals surface area (Å²) in [4.78, 5) is 6.86. The molecule has 8 heteroatoms. The molecule has 1 unspecified atom stereocenters. The van der Waals surface area contributed by atoms with Crippen LogP contribution in [-0.2, 0) is 16.6 Å². The fourth-order valence-electron chi connectivity index (χ4n) is 1.74. The van der Waals surface area contributed by atoms with Crippen LogP contribution in [0.2, 0.25) is 0 Å². The van der Waals surface area contributed by atoms with Crippen LogP contribution in [0.5, 0.6) is 0 Å². The third kappa shape index (κ3) is 2.86. The van der Waals surface area contributed by atoms with Gasteiger partial charge in [0.15, 0.2) is 0 Å². The molecule has 19 heavy (non-hydrogen) atoms. The summed E-state index contributed by atoms with van der Waals surface area (Å²) < 4.78 is 32.0. The number of aliphatic hydroxyl groups is 1. The van der Waals surface area contributed by atoms with Gasteiger partial charge in [0.25, 0.3) is 0 Å². The second-order valence-corrected chi connectivity index (χ2v) is 5.79. The fraction of sp³-hybridized carbons (Fsp3) is 0.364. The molecular formula is C11H15N3O4S. The smallest absolute Gasteiger partial charge is 0.244 e. The summed E-state index contributed by atoms with van der Waals surface area (Å²) in [6, 6.07) is 0.818. The van der Waals surface area contributed by atoms with Gasteiger partial charge in [-0.15, -0.1) is 0 Å². The lowest BCUT2D eigenvalue weighted by Crippen LogP contribution is -2.27. The molecule has 0 aliphatic rings. The number of aromatic amines is 1. The van der Waals surface area contributed by atoms with Crippen molar-refractivity contribution in [2.75, 3.05) is 0 Å². The summed E-state index contributed by atoms with van der Waals surface area (Å²) in [7, 11) is -3.72. The first-order valence-electron chi connectivity index (χ1n) is 5.66. The van der Waals surface area contributed by atoms with E-state index < -0.39 is 16.1 Å². The van der Waals surface area contributed by atoms with Gasteiger partial charge in [-0.2, -0.15) is 0 Å². The first-order valence-corrected chi connectivity index (χ1v) is 7.14. The molecule has 2 aromatic heterocycles. The number of aromatic nitrogens is 2. The van der Waals surface area contributed by atoms with Gasteiger partial charge in [-0.05, 0) is 13.8 Å². The van der Waals surface area contributed by atoms with E-state index in [-0.39, 0.29) is 23.0 Å². The molecule has 7 nitrogen and oxygen atoms in total. The summed E-state index contributed by atoms with van der Waals surface area (Å²) >= 11 is 0. The lowest BCUT2D eigenvalue weighted by molar-refractivity contribution is 0.244. The maximum atomic E-state index is 12.2. The number of imidazole rings is 1. The van der Waals surface area contributed by atoms with Gasteiger partial charge < -0.3 is 14.5 Å². The SMILES string of the molecule is Cc1oc(CO)cc1S(=O)(=O)NC(C)c1ncc[nH]1. The van der Waals surface area contributed by atoms with E-state index in [1.165, 1.54) is 13.0 Å². The zero-order valence-corrected chi connectivity index (χ0v) is 11.4. The van der Waals surface area contributed by atoms with E-state index >= 15 is 0 Å². The molecule has 3 N–H and O–H groups in total. The quantitative estimate of drug-likeness (QED) is 0.754. The molecule has 104 valence electrons. The van der Waals surface area contributed by atoms with Gasteiger partial charge in [0, 0.05) is 18.5 Å². The molecule has 0 amide bonds. The summed E-state index contributed by atoms with van der Waals surface area (Å²) in [6.45, 7) is 2.87. The minimum atomic E-state index is -3.72. The molecule has 0 aromatic carbocycles. The van der Waals surface area contributed by atoms with E-state index in [2.05, 4.69) is 14.7 Å². The molecule has 2 heterocycles. The Morgan fingerprint density at radius 3 is 2.84 bits per heavy atom. The molecule has 0 radical (unpaired) electrons. The third-order valence-electron chi connectivity index (χ3n) is 2.63. The number of aryl methyl sites for hydroxylation is 1. The highest BCUT2D eigenvalue weighted by Crippen LogP contribution is 2.21. The van der Waals surface area contributed by atoms with Crippen molar-refractivity contribution in [3.63, 3.8) is 0 Å². The molecule has 0 saturated heterocycles. The summed E-state index contributed by atoms with van der Waals surface area (Å²) in [5.41, 5.74) is 0. The van der Waals surface area contributed by atoms with Crippen LogP contribution in [0.15, 0.2) is 27.8 Å². The Labute approximate surface area is 110 Å². The van der Waals surface area contributed by atoms with E-state index in [0.717, 1.165) is 0 Å². The largest absolute Gasteiger partial charge is 0.462 e. The fourth-order valence-corrected chi connectivity index (χ4v) is 3.15. The Kier molecular flexibility index (Phi) is 3.74. The van der Waals surface area contributed by atoms with Crippen LogP contribution in [0, 0.1) is 6.92 Å². The van der Waals surface area contributed by atoms with Crippen molar-refractivity contribution < 1.29 is 17.9 Å². The maximum Gasteiger partial charge on any atom is 0.244 e. The van der Waals surface area contributed by atoms with Crippen LogP contribution < -0.4 is 4.72 Å². The number of nitrogens with zero attached hydrogens (tertiary/aromatic N) is 1. The predicted molar refractivity (Wildman–Crippen MR) is 66.7 cm³/mol. The van der Waals surface area contributed by atoms with Gasteiger partial charge in [0.05, 0.1) is 6.04 Å². The molecule has 2 rings (SSSR count). The number of rotatable bonds is 5. The molecule has 0 spiro atoms. The summed E-state index contributed by atoms with van der Waals surface area (Å²) in [6.07, 6.45) is 3.17. The van der Waals surface area contributed by atoms with E-state index in [0.29, 0.717) is 5.82 Å². The van der Waals surface area contributed by atoms with Gasteiger partial charge in [-0.1, -0.05) is 0 Å². The zero-order chi connectivity index (χ0) is 14.0. The van der Waals surface area contributed by atoms with Crippen LogP contribution >= 0.6 is 0 Å². The average molecular weight is 285 g/mol. The van der Waals surface area contributed by atoms with E-state index in [9.17, 15) is 8.42 Å². The second-order valence-electron chi connectivity index (χ2n) is 4.11. The van der Waals surface area contributed by atoms with E-state index in [1.807, 2.05) is 0 Å². The normalized spacial score (nSPS) is 13.6. The second kappa shape index (κ2) is 5.16. The van der Waals surface area contributed by atoms with Crippen LogP contribution in [0.3, 0.4) is 0 Å². The lowest BCUT2D eigenvalue weighted by Gasteiger charge is -2.11. The minimum Gasteiger partial charge on any atom is -0.462 e. The molecule has 1 atom stereocenters. The highest BCUT2D eigenvalue weighted by Gasteiger charge is 2.24. The van der Waals surface area contributed by atoms with Crippen LogP contribution in [-0.4, -0.2) is 23.5 Å². The zero-order valence-electron chi connectivity index (χ0n) is 10.5. The number of H-pyrrole nitrogens is 1. The number of hydrogen-bond donors (Lipinski definition) is 3. The maximum absolute atomic E-state index is 12.2. The molecule has 0 bridgehead atoms. The van der Waals surface area contributed by atoms with Gasteiger partial charge >= 0.3 is 0 Å². The van der Waals surface area contributed by atoms with Gasteiger partial charge in [-0.3, -0.25) is 0 Å². The Morgan fingerprint density at radius 2 is 2.32 bits per heavy atom. The van der Waals surface area contributed by atoms with Crippen molar-refractivity contribution in [3.05, 3.63) is 35.8 Å². The van der Waals surface area contributed by atoms with Crippen molar-refractivity contribution in [1.29, 1.82) is 0 Å². The molecule has 0 aliphatic heterocycles. The Hall–Kier alpha value is -1.64. The minimum absolute atomic E-state index is 0.0231. The number of aliphatic hydroxyl groups excluding tert-OH is 1. The van der Waals surface area contributed by atoms with Crippen molar-refractivity contribution in [3.8, 4) is 0 Å². The van der Waals surface area contributed by atoms with E-state index in [1.54, 1.807) is 19.3 Å². The van der Waals surface area contributed by atoms with Gasteiger partial charge in [0.2, 0.25) is 10.0 Å². The number of sulfonamides is 1. The predicted octanol–water partition coefficient (Wildman–Crippen LogP) is 0.843. The van der Waals surface area contributed by atoms with E-state index in [4.69, 9.17) is 9.52 Å². The lowest BCUT2D eigenvalue weighted by atomic mass is 10.3. The van der Waals surface area contributed by atoms with Crippen molar-refractivity contribution in [1.82, 2.24) is 14.7 Å². The van der Waals surface area contributed by atoms with Crippen LogP contribution in [0.25, 0.3) is 0 Å². The van der Waals surface area contributed by atoms with Gasteiger partial charge in [0.1, 0.15) is 28.8 Å². The first-order chi connectivity index (χ1) is 8.94. The highest BCUT2D eigenvalue weighted by atomic mass is 32.2. The standard InChI is InChI=1S/C11H15N3O4S/c1-7(11-12-3-4-13-11)14-19(16,17)10-5-9(6-15)18-8(10)2/h3-5,7,14-15H,6H2,1-2H3,(H,12,13). The molecule has 2 aromatic rings. The first kappa shape index (κ1) is 13.8. The van der Waals surface area contributed by atoms with Crippen LogP contribution in [0.1, 0.15) is 30.3 Å². The third-order valence-corrected chi connectivity index (χ3v) is 4.28. The number of hydrogen-bond acceptors (Lipinski definition) is 5. The monoisotopic (exact) mass is 285 g/mol. The van der Waals surface area contributed by atoms with Crippen molar-refractivity contribution >= 4 is 10.0 Å². The molecular weight excluding hydrogens is 270 g/mol. The summed E-state index contributed by atoms with van der Waals surface area (Å²) in [5.74, 6) is 0.971. The van der Waals surface area contributed by atoms with Crippen molar-refractivity contribution in [2.45, 2.75) is 31.4 Å². The van der Waals surface area contributed by atoms with Gasteiger partial charge in [-0.25, -0.2) is 18.1 Å². The molecule has 0 aliphatic carbocycles. The Morgan fingerprint density at radius 1 is 1.58 bits per heavy atom. The average Bonchev–Trinajstić information content (AvgIpc) is 2.96. The Bertz CT molecular complexity index is 646. The Balaban J connectivity index is 2.25. The van der Waals surface area contributed by atoms with Crippen molar-refractivity contribution in [2.24, 2.45) is 0 Å². The topological polar surface area (TPSA) is 108 Å². The number of nitrogens with one attached hydrogen (secondary N) is 2. The number of furan rings is 1. The molecule has 0 saturated carbocycles. The van der Waals surface area contributed by atoms with Crippen LogP contribution in [0.4, 0.5) is 0 Å².